The number of para-hydroxylation sites is 1. The first-order valence-corrected chi connectivity index (χ1v) is 13.3. The molecule has 190 valence electrons. The number of amides is 3. The molecule has 38 heavy (non-hydrogen) atoms. The van der Waals surface area contributed by atoms with E-state index in [9.17, 15) is 14.4 Å². The Bertz CT molecular complexity index is 1690. The summed E-state index contributed by atoms with van der Waals surface area (Å²) < 4.78 is 0. The normalized spacial score (nSPS) is 15.4. The molecule has 2 aliphatic heterocycles. The van der Waals surface area contributed by atoms with Gasteiger partial charge in [-0.2, -0.15) is 0 Å². The lowest BCUT2D eigenvalue weighted by atomic mass is 9.85. The van der Waals surface area contributed by atoms with E-state index in [4.69, 9.17) is 23.2 Å². The Morgan fingerprint density at radius 3 is 2.16 bits per heavy atom. The number of aryl methyl sites for hydroxylation is 2. The van der Waals surface area contributed by atoms with Gasteiger partial charge < -0.3 is 4.90 Å². The van der Waals surface area contributed by atoms with Crippen molar-refractivity contribution in [3.8, 4) is 0 Å². The fourth-order valence-corrected chi connectivity index (χ4v) is 6.39. The predicted octanol–water partition coefficient (Wildman–Crippen LogP) is 7.54. The molecular formula is C31H24Cl2N2O3. The third kappa shape index (κ3) is 3.49. The smallest absolute Gasteiger partial charge is 0.266 e. The SMILES string of the molecule is CCc1cccc(C)c1N1C(=O)c2ccc3c4c(ccc(c24)C1=O)C(=O)N(C(C)c1ccc(Cl)cc1Cl)C3. The van der Waals surface area contributed by atoms with Crippen LogP contribution in [0, 0.1) is 6.92 Å². The molecule has 5 nitrogen and oxygen atoms in total. The number of nitrogens with zero attached hydrogens (tertiary/aromatic N) is 2. The zero-order valence-corrected chi connectivity index (χ0v) is 22.7. The highest BCUT2D eigenvalue weighted by Gasteiger charge is 2.39. The Hall–Kier alpha value is -3.67. The fourth-order valence-electron chi connectivity index (χ4n) is 5.83. The molecule has 2 heterocycles. The van der Waals surface area contributed by atoms with E-state index in [2.05, 4.69) is 0 Å². The van der Waals surface area contributed by atoms with Gasteiger partial charge in [0.25, 0.3) is 17.7 Å². The van der Waals surface area contributed by atoms with Crippen molar-refractivity contribution in [1.29, 1.82) is 0 Å². The van der Waals surface area contributed by atoms with Crippen molar-refractivity contribution in [3.05, 3.63) is 110 Å². The summed E-state index contributed by atoms with van der Waals surface area (Å²) in [6.07, 6.45) is 0.689. The maximum Gasteiger partial charge on any atom is 0.266 e. The monoisotopic (exact) mass is 542 g/mol. The third-order valence-electron chi connectivity index (χ3n) is 7.75. The Morgan fingerprint density at radius 2 is 1.50 bits per heavy atom. The fraction of sp³-hybridized carbons (Fsp3) is 0.194. The van der Waals surface area contributed by atoms with Crippen molar-refractivity contribution < 1.29 is 14.4 Å². The molecule has 0 spiro atoms. The largest absolute Gasteiger partial charge is 0.327 e. The molecule has 0 aromatic heterocycles. The van der Waals surface area contributed by atoms with Crippen molar-refractivity contribution in [2.75, 3.05) is 4.90 Å². The molecule has 0 N–H and O–H groups in total. The molecule has 0 saturated carbocycles. The van der Waals surface area contributed by atoms with Crippen molar-refractivity contribution in [2.45, 2.75) is 39.8 Å². The van der Waals surface area contributed by atoms with Gasteiger partial charge in [-0.15, -0.1) is 0 Å². The molecule has 6 rings (SSSR count). The van der Waals surface area contributed by atoms with Crippen LogP contribution >= 0.6 is 23.2 Å². The maximum absolute atomic E-state index is 13.9. The molecule has 4 aromatic rings. The minimum absolute atomic E-state index is 0.172. The van der Waals surface area contributed by atoms with Crippen LogP contribution in [0.4, 0.5) is 5.69 Å². The number of rotatable bonds is 4. The van der Waals surface area contributed by atoms with E-state index >= 15 is 0 Å². The summed E-state index contributed by atoms with van der Waals surface area (Å²) >= 11 is 12.5. The highest BCUT2D eigenvalue weighted by Crippen LogP contribution is 2.42. The lowest BCUT2D eigenvalue weighted by Crippen LogP contribution is -2.42. The topological polar surface area (TPSA) is 57.7 Å². The van der Waals surface area contributed by atoms with Gasteiger partial charge in [0.15, 0.2) is 0 Å². The molecule has 7 heteroatoms. The third-order valence-corrected chi connectivity index (χ3v) is 8.31. The van der Waals surface area contributed by atoms with E-state index in [0.29, 0.717) is 56.2 Å². The van der Waals surface area contributed by atoms with Gasteiger partial charge in [0.05, 0.1) is 11.7 Å². The molecule has 0 radical (unpaired) electrons. The summed E-state index contributed by atoms with van der Waals surface area (Å²) in [5, 5.41) is 2.26. The summed E-state index contributed by atoms with van der Waals surface area (Å²) in [5.41, 5.74) is 5.45. The number of anilines is 1. The highest BCUT2D eigenvalue weighted by atomic mass is 35.5. The van der Waals surface area contributed by atoms with Gasteiger partial charge in [-0.25, -0.2) is 4.90 Å². The van der Waals surface area contributed by atoms with Crippen LogP contribution in [0.25, 0.3) is 10.8 Å². The minimum atomic E-state index is -0.369. The standard InChI is InChI=1S/C31H24Cl2N2O3/c1-4-18-7-5-6-16(2)28(18)35-30(37)23-10-8-19-15-34(17(3)21-11-9-20(32)14-25(21)33)29(36)22-12-13-24(31(35)38)27(23)26(19)22/h5-14,17H,4,15H2,1-3H3. The Kier molecular flexibility index (Phi) is 5.82. The predicted molar refractivity (Wildman–Crippen MR) is 150 cm³/mol. The van der Waals surface area contributed by atoms with Crippen LogP contribution in [-0.4, -0.2) is 22.6 Å². The number of carbonyl (C=O) groups excluding carboxylic acids is 3. The molecule has 0 fully saturated rings. The second-order valence-corrected chi connectivity index (χ2v) is 10.7. The van der Waals surface area contributed by atoms with Gasteiger partial charge in [-0.1, -0.05) is 60.5 Å². The quantitative estimate of drug-likeness (QED) is 0.250. The first-order valence-electron chi connectivity index (χ1n) is 12.5. The summed E-state index contributed by atoms with van der Waals surface area (Å²) in [4.78, 5) is 44.5. The van der Waals surface area contributed by atoms with Gasteiger partial charge >= 0.3 is 0 Å². The molecule has 1 atom stereocenters. The summed E-state index contributed by atoms with van der Waals surface area (Å²) in [6.45, 7) is 6.17. The van der Waals surface area contributed by atoms with E-state index in [1.807, 2.05) is 51.1 Å². The zero-order chi connectivity index (χ0) is 26.9. The van der Waals surface area contributed by atoms with Crippen LogP contribution in [0.3, 0.4) is 0 Å². The van der Waals surface area contributed by atoms with Gasteiger partial charge in [0, 0.05) is 44.1 Å². The Balaban J connectivity index is 1.48. The van der Waals surface area contributed by atoms with E-state index < -0.39 is 0 Å². The van der Waals surface area contributed by atoms with Crippen LogP contribution in [0.1, 0.15) is 73.2 Å². The number of halogens is 2. The highest BCUT2D eigenvalue weighted by molar-refractivity contribution is 6.37. The summed E-state index contributed by atoms with van der Waals surface area (Å²) in [5.74, 6) is -0.910. The maximum atomic E-state index is 13.9. The minimum Gasteiger partial charge on any atom is -0.327 e. The van der Waals surface area contributed by atoms with Crippen molar-refractivity contribution >= 4 is 57.4 Å². The first kappa shape index (κ1) is 24.7. The number of hydrogen-bond acceptors (Lipinski definition) is 3. The molecule has 0 saturated heterocycles. The molecular weight excluding hydrogens is 519 g/mol. The van der Waals surface area contributed by atoms with Crippen LogP contribution in [0.15, 0.2) is 60.7 Å². The lowest BCUT2D eigenvalue weighted by Gasteiger charge is -2.36. The number of benzene rings is 4. The van der Waals surface area contributed by atoms with Crippen molar-refractivity contribution in [1.82, 2.24) is 4.90 Å². The Labute approximate surface area is 230 Å². The van der Waals surface area contributed by atoms with Crippen LogP contribution in [0.2, 0.25) is 10.0 Å². The molecule has 0 bridgehead atoms. The van der Waals surface area contributed by atoms with E-state index in [1.54, 1.807) is 35.2 Å². The second-order valence-electron chi connectivity index (χ2n) is 9.84. The first-order chi connectivity index (χ1) is 18.2. The molecule has 3 amide bonds. The molecule has 4 aromatic carbocycles. The van der Waals surface area contributed by atoms with Gasteiger partial charge in [-0.3, -0.25) is 14.4 Å². The van der Waals surface area contributed by atoms with Crippen molar-refractivity contribution in [2.24, 2.45) is 0 Å². The lowest BCUT2D eigenvalue weighted by molar-refractivity contribution is 0.0667. The molecule has 0 aliphatic carbocycles. The van der Waals surface area contributed by atoms with E-state index in [0.717, 1.165) is 22.3 Å². The zero-order valence-electron chi connectivity index (χ0n) is 21.1. The van der Waals surface area contributed by atoms with E-state index in [1.165, 1.54) is 4.90 Å². The van der Waals surface area contributed by atoms with Gasteiger partial charge in [0.2, 0.25) is 0 Å². The van der Waals surface area contributed by atoms with Gasteiger partial charge in [-0.05, 0) is 72.9 Å². The van der Waals surface area contributed by atoms with Gasteiger partial charge in [0.1, 0.15) is 0 Å². The number of imide groups is 1. The average Bonchev–Trinajstić information content (AvgIpc) is 2.90. The number of carbonyl (C=O) groups is 3. The second kappa shape index (κ2) is 8.97. The summed E-state index contributed by atoms with van der Waals surface area (Å²) in [6, 6.07) is 17.8. The Morgan fingerprint density at radius 1 is 0.842 bits per heavy atom. The van der Waals surface area contributed by atoms with E-state index in [-0.39, 0.29) is 23.8 Å². The van der Waals surface area contributed by atoms with Crippen LogP contribution in [0.5, 0.6) is 0 Å². The van der Waals surface area contributed by atoms with Crippen LogP contribution < -0.4 is 4.90 Å². The summed E-state index contributed by atoms with van der Waals surface area (Å²) in [7, 11) is 0. The van der Waals surface area contributed by atoms with Crippen LogP contribution in [-0.2, 0) is 13.0 Å². The molecule has 1 unspecified atom stereocenters. The average molecular weight is 543 g/mol. The number of hydrogen-bond donors (Lipinski definition) is 0. The molecule has 2 aliphatic rings. The van der Waals surface area contributed by atoms with Crippen molar-refractivity contribution in [3.63, 3.8) is 0 Å².